The van der Waals surface area contributed by atoms with Gasteiger partial charge in [0.1, 0.15) is 11.6 Å². The van der Waals surface area contributed by atoms with E-state index in [2.05, 4.69) is 9.82 Å². The molecular formula is C24H24FN3O5S2. The first-order valence-corrected chi connectivity index (χ1v) is 13.8. The Labute approximate surface area is 204 Å². The average Bonchev–Trinajstić information content (AvgIpc) is 3.31. The fourth-order valence-electron chi connectivity index (χ4n) is 3.66. The fraction of sp³-hybridized carbons (Fsp3) is 0.208. The maximum Gasteiger partial charge on any atom is 0.279 e. The Morgan fingerprint density at radius 1 is 0.971 bits per heavy atom. The van der Waals surface area contributed by atoms with Gasteiger partial charge >= 0.3 is 0 Å². The number of nitrogens with one attached hydrogen (secondary N) is 1. The molecule has 0 unspecified atom stereocenters. The molecule has 1 aliphatic rings. The van der Waals surface area contributed by atoms with Gasteiger partial charge in [0.25, 0.3) is 10.0 Å². The van der Waals surface area contributed by atoms with E-state index < -0.39 is 31.9 Å². The normalized spacial score (nSPS) is 16.1. The molecule has 4 rings (SSSR count). The third-order valence-electron chi connectivity index (χ3n) is 5.60. The molecular weight excluding hydrogens is 493 g/mol. The first kappa shape index (κ1) is 24.7. The molecule has 3 aromatic carbocycles. The Bertz CT molecular complexity index is 1440. The van der Waals surface area contributed by atoms with Crippen molar-refractivity contribution < 1.29 is 26.0 Å². The van der Waals surface area contributed by atoms with Gasteiger partial charge in [-0.15, -0.1) is 0 Å². The van der Waals surface area contributed by atoms with Crippen molar-refractivity contribution in [2.45, 2.75) is 24.3 Å². The first-order valence-electron chi connectivity index (χ1n) is 10.8. The van der Waals surface area contributed by atoms with Gasteiger partial charge in [-0.3, -0.25) is 4.72 Å². The maximum atomic E-state index is 13.5. The van der Waals surface area contributed by atoms with Crippen molar-refractivity contribution in [1.82, 2.24) is 4.41 Å². The zero-order valence-corrected chi connectivity index (χ0v) is 20.7. The van der Waals surface area contributed by atoms with E-state index in [0.717, 1.165) is 16.5 Å². The van der Waals surface area contributed by atoms with Crippen molar-refractivity contribution in [1.29, 1.82) is 0 Å². The molecule has 184 valence electrons. The van der Waals surface area contributed by atoms with E-state index in [-0.39, 0.29) is 17.1 Å². The maximum absolute atomic E-state index is 13.5. The van der Waals surface area contributed by atoms with Gasteiger partial charge in [-0.2, -0.15) is 17.9 Å². The Morgan fingerprint density at radius 3 is 2.17 bits per heavy atom. The molecule has 11 heteroatoms. The van der Waals surface area contributed by atoms with E-state index in [1.165, 1.54) is 12.1 Å². The lowest BCUT2D eigenvalue weighted by Gasteiger charge is -2.23. The Morgan fingerprint density at radius 2 is 1.60 bits per heavy atom. The summed E-state index contributed by atoms with van der Waals surface area (Å²) in [6.07, 6.45) is 0.285. The molecule has 0 fully saturated rings. The number of benzene rings is 3. The topological polar surface area (TPSA) is 105 Å². The summed E-state index contributed by atoms with van der Waals surface area (Å²) in [5.74, 6) is 0.0345. The van der Waals surface area contributed by atoms with Crippen molar-refractivity contribution in [3.05, 3.63) is 89.7 Å². The van der Waals surface area contributed by atoms with Crippen molar-refractivity contribution in [3.8, 4) is 5.75 Å². The Kier molecular flexibility index (Phi) is 6.82. The van der Waals surface area contributed by atoms with E-state index in [0.29, 0.717) is 28.3 Å². The number of hydrazone groups is 1. The molecule has 1 N–H and O–H groups in total. The van der Waals surface area contributed by atoms with E-state index >= 15 is 0 Å². The smallest absolute Gasteiger partial charge is 0.279 e. The summed E-state index contributed by atoms with van der Waals surface area (Å²) < 4.78 is 72.7. The Hall–Kier alpha value is -3.44. The highest BCUT2D eigenvalue weighted by molar-refractivity contribution is 7.92. The van der Waals surface area contributed by atoms with E-state index in [1.54, 1.807) is 62.6 Å². The van der Waals surface area contributed by atoms with E-state index in [1.807, 2.05) is 0 Å². The van der Waals surface area contributed by atoms with Gasteiger partial charge in [0.2, 0.25) is 10.0 Å². The van der Waals surface area contributed by atoms with Crippen LogP contribution >= 0.6 is 0 Å². The summed E-state index contributed by atoms with van der Waals surface area (Å²) in [5.41, 5.74) is 2.28. The highest BCUT2D eigenvalue weighted by Gasteiger charge is 2.37. The van der Waals surface area contributed by atoms with Gasteiger partial charge in [0, 0.05) is 12.1 Å². The van der Waals surface area contributed by atoms with Gasteiger partial charge in [-0.05, 0) is 66.6 Å². The van der Waals surface area contributed by atoms with Crippen LogP contribution in [0, 0.1) is 5.82 Å². The minimum absolute atomic E-state index is 0.0544. The molecule has 0 spiro atoms. The lowest BCUT2D eigenvalue weighted by molar-refractivity contribution is 0.370. The lowest BCUT2D eigenvalue weighted by atomic mass is 9.99. The predicted octanol–water partition coefficient (Wildman–Crippen LogP) is 4.14. The second-order valence-corrected chi connectivity index (χ2v) is 11.7. The molecule has 1 aliphatic heterocycles. The number of halogens is 1. The standard InChI is InChI=1S/C24H24FN3O5S2/c1-3-34(29,30)27-20-10-4-17(5-11-20)23-16-24(18-6-12-21(33-2)13-7-18)28(26-23)35(31,32)22-14-8-19(25)9-15-22/h4-15,24,27H,3,16H2,1-2H3/t24-/m1/s1. The molecule has 3 aromatic rings. The van der Waals surface area contributed by atoms with Gasteiger partial charge in [0.15, 0.2) is 0 Å². The molecule has 0 saturated carbocycles. The van der Waals surface area contributed by atoms with Gasteiger partial charge in [-0.25, -0.2) is 12.8 Å². The van der Waals surface area contributed by atoms with Crippen molar-refractivity contribution in [2.24, 2.45) is 5.10 Å². The predicted molar refractivity (Wildman–Crippen MR) is 132 cm³/mol. The number of sulfonamides is 2. The van der Waals surface area contributed by atoms with Gasteiger partial charge < -0.3 is 4.74 Å². The van der Waals surface area contributed by atoms with Crippen molar-refractivity contribution in [2.75, 3.05) is 17.6 Å². The number of hydrogen-bond acceptors (Lipinski definition) is 6. The SMILES string of the molecule is CCS(=O)(=O)Nc1ccc(C2=NN(S(=O)(=O)c3ccc(F)cc3)[C@@H](c3ccc(OC)cc3)C2)cc1. The van der Waals surface area contributed by atoms with Crippen molar-refractivity contribution in [3.63, 3.8) is 0 Å². The van der Waals surface area contributed by atoms with Gasteiger partial charge in [0.05, 0.1) is 29.5 Å². The van der Waals surface area contributed by atoms with Crippen LogP contribution in [0.5, 0.6) is 5.75 Å². The van der Waals surface area contributed by atoms with Gasteiger partial charge in [-0.1, -0.05) is 24.3 Å². The summed E-state index contributed by atoms with van der Waals surface area (Å²) in [6, 6.07) is 17.6. The van der Waals surface area contributed by atoms with E-state index in [9.17, 15) is 21.2 Å². The molecule has 0 bridgehead atoms. The summed E-state index contributed by atoms with van der Waals surface area (Å²) in [5, 5.41) is 4.45. The fourth-order valence-corrected chi connectivity index (χ4v) is 5.73. The van der Waals surface area contributed by atoms with Crippen LogP contribution in [0.4, 0.5) is 10.1 Å². The quantitative estimate of drug-likeness (QED) is 0.484. The molecule has 0 radical (unpaired) electrons. The zero-order chi connectivity index (χ0) is 25.2. The number of anilines is 1. The molecule has 1 heterocycles. The first-order chi connectivity index (χ1) is 16.6. The molecule has 1 atom stereocenters. The number of methoxy groups -OCH3 is 1. The van der Waals surface area contributed by atoms with Crippen LogP contribution in [0.1, 0.15) is 30.5 Å². The summed E-state index contributed by atoms with van der Waals surface area (Å²) >= 11 is 0. The van der Waals surface area contributed by atoms with Crippen LogP contribution in [-0.2, 0) is 20.0 Å². The monoisotopic (exact) mass is 517 g/mol. The summed E-state index contributed by atoms with van der Waals surface area (Å²) in [4.78, 5) is -0.0771. The number of hydrogen-bond donors (Lipinski definition) is 1. The summed E-state index contributed by atoms with van der Waals surface area (Å²) in [6.45, 7) is 1.54. The second-order valence-electron chi connectivity index (χ2n) is 7.85. The third-order valence-corrected chi connectivity index (χ3v) is 8.61. The number of ether oxygens (including phenoxy) is 1. The number of nitrogens with zero attached hydrogens (tertiary/aromatic N) is 2. The lowest BCUT2D eigenvalue weighted by Crippen LogP contribution is -2.27. The molecule has 8 nitrogen and oxygen atoms in total. The summed E-state index contributed by atoms with van der Waals surface area (Å²) in [7, 11) is -5.97. The van der Waals surface area contributed by atoms with Crippen LogP contribution in [0.2, 0.25) is 0 Å². The van der Waals surface area contributed by atoms with Crippen LogP contribution in [0.25, 0.3) is 0 Å². The number of rotatable bonds is 8. The highest BCUT2D eigenvalue weighted by Crippen LogP contribution is 2.37. The van der Waals surface area contributed by atoms with Crippen molar-refractivity contribution >= 4 is 31.4 Å². The zero-order valence-electron chi connectivity index (χ0n) is 19.0. The van der Waals surface area contributed by atoms with Crippen LogP contribution < -0.4 is 9.46 Å². The molecule has 0 saturated heterocycles. The Balaban J connectivity index is 1.71. The van der Waals surface area contributed by atoms with E-state index in [4.69, 9.17) is 4.74 Å². The molecule has 35 heavy (non-hydrogen) atoms. The minimum atomic E-state index is -4.09. The molecule has 0 aromatic heterocycles. The highest BCUT2D eigenvalue weighted by atomic mass is 32.2. The molecule has 0 amide bonds. The van der Waals surface area contributed by atoms with Crippen LogP contribution in [0.3, 0.4) is 0 Å². The second kappa shape index (κ2) is 9.67. The molecule has 0 aliphatic carbocycles. The van der Waals surface area contributed by atoms with Crippen LogP contribution in [-0.4, -0.2) is 39.8 Å². The van der Waals surface area contributed by atoms with Crippen LogP contribution in [0.15, 0.2) is 82.8 Å². The minimum Gasteiger partial charge on any atom is -0.497 e. The largest absolute Gasteiger partial charge is 0.497 e. The average molecular weight is 518 g/mol. The third kappa shape index (κ3) is 5.30.